The number of anilines is 1. The van der Waals surface area contributed by atoms with E-state index in [-0.39, 0.29) is 23.1 Å². The molecule has 2 aromatic rings. The lowest BCUT2D eigenvalue weighted by Gasteiger charge is -2.37. The Balaban J connectivity index is 1.52. The van der Waals surface area contributed by atoms with Gasteiger partial charge >= 0.3 is 0 Å². The molecule has 28 heavy (non-hydrogen) atoms. The first-order valence-electron chi connectivity index (χ1n) is 9.79. The molecule has 5 nitrogen and oxygen atoms in total. The van der Waals surface area contributed by atoms with Crippen LogP contribution >= 0.6 is 0 Å². The average Bonchev–Trinajstić information content (AvgIpc) is 3.03. The van der Waals surface area contributed by atoms with Crippen LogP contribution in [0.1, 0.15) is 60.6 Å². The minimum atomic E-state index is -3.21. The Bertz CT molecular complexity index is 997. The van der Waals surface area contributed by atoms with Crippen molar-refractivity contribution < 1.29 is 13.2 Å². The summed E-state index contributed by atoms with van der Waals surface area (Å²) in [5, 5.41) is 3.16. The van der Waals surface area contributed by atoms with Crippen molar-refractivity contribution in [2.75, 3.05) is 16.6 Å². The highest BCUT2D eigenvalue weighted by molar-refractivity contribution is 7.93. The van der Waals surface area contributed by atoms with Crippen LogP contribution in [-0.4, -0.2) is 26.6 Å². The van der Waals surface area contributed by atoms with Crippen LogP contribution in [0.5, 0.6) is 0 Å². The third-order valence-corrected chi connectivity index (χ3v) is 7.81. The molecule has 1 unspecified atom stereocenters. The SMILES string of the molecule is CC1(C)CCC(NC(=O)c2ccc(N3CCCS3(=O)=O)cc2)c2ccccc21. The van der Waals surface area contributed by atoms with E-state index in [0.29, 0.717) is 24.2 Å². The maximum atomic E-state index is 12.8. The predicted molar refractivity (Wildman–Crippen MR) is 111 cm³/mol. The molecule has 1 saturated heterocycles. The van der Waals surface area contributed by atoms with Crippen molar-refractivity contribution in [1.82, 2.24) is 5.32 Å². The lowest BCUT2D eigenvalue weighted by atomic mass is 9.71. The molecular weight excluding hydrogens is 372 g/mol. The van der Waals surface area contributed by atoms with Gasteiger partial charge in [-0.1, -0.05) is 38.1 Å². The van der Waals surface area contributed by atoms with E-state index in [2.05, 4.69) is 37.4 Å². The number of carbonyl (C=O) groups excluding carboxylic acids is 1. The summed E-state index contributed by atoms with van der Waals surface area (Å²) in [5.41, 5.74) is 3.76. The Morgan fingerprint density at radius 3 is 2.50 bits per heavy atom. The summed E-state index contributed by atoms with van der Waals surface area (Å²) in [5.74, 6) is 0.0579. The summed E-state index contributed by atoms with van der Waals surface area (Å²) < 4.78 is 25.5. The molecule has 0 aromatic heterocycles. The second-order valence-corrected chi connectivity index (χ2v) is 10.3. The number of nitrogens with one attached hydrogen (secondary N) is 1. The maximum Gasteiger partial charge on any atom is 0.251 e. The number of sulfonamides is 1. The number of carbonyl (C=O) groups is 1. The van der Waals surface area contributed by atoms with Crippen molar-refractivity contribution in [2.45, 2.75) is 44.6 Å². The van der Waals surface area contributed by atoms with Gasteiger partial charge in [0.15, 0.2) is 0 Å². The summed E-state index contributed by atoms with van der Waals surface area (Å²) in [7, 11) is -3.21. The largest absolute Gasteiger partial charge is 0.345 e. The van der Waals surface area contributed by atoms with Crippen molar-refractivity contribution in [3.05, 3.63) is 65.2 Å². The van der Waals surface area contributed by atoms with Crippen LogP contribution in [0, 0.1) is 0 Å². The van der Waals surface area contributed by atoms with Crippen LogP contribution in [0.4, 0.5) is 5.69 Å². The molecule has 1 aliphatic heterocycles. The second-order valence-electron chi connectivity index (χ2n) is 8.32. The number of amides is 1. The van der Waals surface area contributed by atoms with Crippen LogP contribution in [0.3, 0.4) is 0 Å². The summed E-state index contributed by atoms with van der Waals surface area (Å²) in [4.78, 5) is 12.8. The first-order chi connectivity index (χ1) is 13.3. The normalized spacial score (nSPS) is 22.5. The highest BCUT2D eigenvalue weighted by Crippen LogP contribution is 2.41. The molecule has 0 bridgehead atoms. The van der Waals surface area contributed by atoms with E-state index in [0.717, 1.165) is 12.8 Å². The Morgan fingerprint density at radius 1 is 1.11 bits per heavy atom. The number of benzene rings is 2. The molecule has 1 atom stereocenters. The molecule has 4 rings (SSSR count). The molecule has 1 heterocycles. The van der Waals surface area contributed by atoms with Gasteiger partial charge in [0.25, 0.3) is 5.91 Å². The molecule has 1 amide bonds. The zero-order chi connectivity index (χ0) is 19.9. The molecule has 0 spiro atoms. The van der Waals surface area contributed by atoms with Gasteiger partial charge in [-0.2, -0.15) is 0 Å². The summed E-state index contributed by atoms with van der Waals surface area (Å²) in [6, 6.07) is 15.2. The van der Waals surface area contributed by atoms with Gasteiger partial charge in [0.2, 0.25) is 10.0 Å². The van der Waals surface area contributed by atoms with Crippen molar-refractivity contribution in [2.24, 2.45) is 0 Å². The Labute approximate surface area is 166 Å². The third kappa shape index (κ3) is 3.41. The van der Waals surface area contributed by atoms with Crippen LogP contribution in [0.2, 0.25) is 0 Å². The Kier molecular flexibility index (Phi) is 4.70. The Morgan fingerprint density at radius 2 is 1.82 bits per heavy atom. The molecule has 6 heteroatoms. The minimum absolute atomic E-state index is 0.00430. The number of hydrogen-bond donors (Lipinski definition) is 1. The molecule has 2 aliphatic rings. The maximum absolute atomic E-state index is 12.8. The average molecular weight is 399 g/mol. The van der Waals surface area contributed by atoms with Gasteiger partial charge in [0.1, 0.15) is 0 Å². The number of hydrogen-bond acceptors (Lipinski definition) is 3. The van der Waals surface area contributed by atoms with Crippen molar-refractivity contribution in [3.8, 4) is 0 Å². The predicted octanol–water partition coefficient (Wildman–Crippen LogP) is 3.77. The molecule has 1 aliphatic carbocycles. The van der Waals surface area contributed by atoms with Crippen LogP contribution in [0.25, 0.3) is 0 Å². The fourth-order valence-corrected chi connectivity index (χ4v) is 5.88. The second kappa shape index (κ2) is 6.92. The lowest BCUT2D eigenvalue weighted by molar-refractivity contribution is 0.0929. The van der Waals surface area contributed by atoms with Gasteiger partial charge in [-0.25, -0.2) is 8.42 Å². The van der Waals surface area contributed by atoms with Crippen LogP contribution in [-0.2, 0) is 15.4 Å². The van der Waals surface area contributed by atoms with Gasteiger partial charge in [-0.15, -0.1) is 0 Å². The summed E-state index contributed by atoms with van der Waals surface area (Å²) in [6.07, 6.45) is 2.56. The summed E-state index contributed by atoms with van der Waals surface area (Å²) >= 11 is 0. The summed E-state index contributed by atoms with van der Waals surface area (Å²) in [6.45, 7) is 4.99. The first-order valence-corrected chi connectivity index (χ1v) is 11.4. The fourth-order valence-electron chi connectivity index (χ4n) is 4.31. The molecule has 148 valence electrons. The molecule has 0 saturated carbocycles. The molecule has 1 fully saturated rings. The van der Waals surface area contributed by atoms with Crippen molar-refractivity contribution in [1.29, 1.82) is 0 Å². The van der Waals surface area contributed by atoms with E-state index in [1.54, 1.807) is 24.3 Å². The number of fused-ring (bicyclic) bond motifs is 1. The van der Waals surface area contributed by atoms with Crippen LogP contribution in [0.15, 0.2) is 48.5 Å². The lowest BCUT2D eigenvalue weighted by Crippen LogP contribution is -2.35. The standard InChI is InChI=1S/C22H26N2O3S/c1-22(2)13-12-20(18-6-3-4-7-19(18)22)23-21(25)16-8-10-17(11-9-16)24-14-5-15-28(24,26)27/h3-4,6-11,20H,5,12-15H2,1-2H3,(H,23,25). The molecule has 1 N–H and O–H groups in total. The third-order valence-electron chi connectivity index (χ3n) is 5.95. The van der Waals surface area contributed by atoms with Gasteiger partial charge in [0.05, 0.1) is 17.5 Å². The fraction of sp³-hybridized carbons (Fsp3) is 0.409. The quantitative estimate of drug-likeness (QED) is 0.856. The Hall–Kier alpha value is -2.34. The highest BCUT2D eigenvalue weighted by atomic mass is 32.2. The first kappa shape index (κ1) is 19.0. The molecular formula is C22H26N2O3S. The zero-order valence-corrected chi connectivity index (χ0v) is 17.1. The van der Waals surface area contributed by atoms with E-state index in [1.165, 1.54) is 15.4 Å². The van der Waals surface area contributed by atoms with Gasteiger partial charge in [-0.3, -0.25) is 9.10 Å². The van der Waals surface area contributed by atoms with Gasteiger partial charge < -0.3 is 5.32 Å². The van der Waals surface area contributed by atoms with E-state index < -0.39 is 10.0 Å². The molecule has 0 radical (unpaired) electrons. The van der Waals surface area contributed by atoms with Gasteiger partial charge in [-0.05, 0) is 60.1 Å². The smallest absolute Gasteiger partial charge is 0.251 e. The topological polar surface area (TPSA) is 66.5 Å². The van der Waals surface area contributed by atoms with Gasteiger partial charge in [0, 0.05) is 12.1 Å². The van der Waals surface area contributed by atoms with E-state index >= 15 is 0 Å². The van der Waals surface area contributed by atoms with Crippen LogP contribution < -0.4 is 9.62 Å². The van der Waals surface area contributed by atoms with E-state index in [9.17, 15) is 13.2 Å². The van der Waals surface area contributed by atoms with E-state index in [1.807, 2.05) is 6.07 Å². The monoisotopic (exact) mass is 398 g/mol. The molecule has 2 aromatic carbocycles. The van der Waals surface area contributed by atoms with E-state index in [4.69, 9.17) is 0 Å². The number of rotatable bonds is 3. The minimum Gasteiger partial charge on any atom is -0.345 e. The van der Waals surface area contributed by atoms with Crippen molar-refractivity contribution >= 4 is 21.6 Å². The number of nitrogens with zero attached hydrogens (tertiary/aromatic N) is 1. The zero-order valence-electron chi connectivity index (χ0n) is 16.3. The van der Waals surface area contributed by atoms with Crippen molar-refractivity contribution in [3.63, 3.8) is 0 Å². The highest BCUT2D eigenvalue weighted by Gasteiger charge is 2.33.